The number of nitrogens with one attached hydrogen (secondary N) is 2. The number of anilines is 2. The number of hydrogen-bond donors (Lipinski definition) is 2. The molecule has 0 amide bonds. The van der Waals surface area contributed by atoms with Gasteiger partial charge in [-0.15, -0.1) is 0 Å². The summed E-state index contributed by atoms with van der Waals surface area (Å²) in [6.07, 6.45) is -6.54. The average molecular weight is 676 g/mol. The zero-order chi connectivity index (χ0) is 33.6. The minimum Gasteiger partial charge on any atom is -0.381 e. The van der Waals surface area contributed by atoms with E-state index in [4.69, 9.17) is 0 Å². The Kier molecular flexibility index (Phi) is 8.56. The fourth-order valence-corrected chi connectivity index (χ4v) is 6.43. The maximum absolute atomic E-state index is 15.3. The lowest BCUT2D eigenvalue weighted by Crippen LogP contribution is -2.27. The zero-order valence-corrected chi connectivity index (χ0v) is 24.5. The van der Waals surface area contributed by atoms with E-state index in [1.165, 1.54) is 22.9 Å². The average Bonchev–Trinajstić information content (AvgIpc) is 3.32. The van der Waals surface area contributed by atoms with Gasteiger partial charge in [0.1, 0.15) is 28.6 Å². The summed E-state index contributed by atoms with van der Waals surface area (Å²) in [4.78, 5) is 33.3. The normalized spacial score (nSPS) is 15.8. The maximum atomic E-state index is 15.3. The van der Waals surface area contributed by atoms with Crippen molar-refractivity contribution in [2.45, 2.75) is 44.7 Å². The van der Waals surface area contributed by atoms with Crippen molar-refractivity contribution in [2.24, 2.45) is 0 Å². The standard InChI is InChI=1S/C27H24F7N7O4S/c1-14(37-20-12-36-39-24(42)21(20)27(32,33)34)3-2-5-40-6-4-15-9-17(19(28)10-16(15)25(40)43)22-35-11-18(26(29,30)31)23(38-22)41-7-8-46(44,45)13-41/h4,6,9-12,14H,2-3,5,7-8,13H2,1H3,(H2,37,39,42)/t14-/m0/s1. The van der Waals surface area contributed by atoms with Gasteiger partial charge in [-0.2, -0.15) is 31.4 Å². The first-order valence-corrected chi connectivity index (χ1v) is 15.4. The van der Waals surface area contributed by atoms with E-state index in [9.17, 15) is 44.3 Å². The van der Waals surface area contributed by atoms with Crippen molar-refractivity contribution in [3.63, 3.8) is 0 Å². The van der Waals surface area contributed by atoms with Crippen LogP contribution in [0, 0.1) is 5.82 Å². The van der Waals surface area contributed by atoms with Gasteiger partial charge in [0, 0.05) is 31.5 Å². The molecule has 1 atom stereocenters. The molecule has 1 aromatic carbocycles. The largest absolute Gasteiger partial charge is 0.423 e. The minimum atomic E-state index is -4.91. The molecule has 0 radical (unpaired) electrons. The topological polar surface area (TPSA) is 143 Å². The highest BCUT2D eigenvalue weighted by Gasteiger charge is 2.40. The Morgan fingerprint density at radius 3 is 2.48 bits per heavy atom. The van der Waals surface area contributed by atoms with Crippen LogP contribution in [0.3, 0.4) is 0 Å². The third-order valence-corrected chi connectivity index (χ3v) is 8.79. The molecule has 1 saturated heterocycles. The van der Waals surface area contributed by atoms with Crippen LogP contribution < -0.4 is 21.3 Å². The van der Waals surface area contributed by atoms with Gasteiger partial charge in [-0.3, -0.25) is 9.59 Å². The van der Waals surface area contributed by atoms with Gasteiger partial charge in [-0.25, -0.2) is 27.9 Å². The van der Waals surface area contributed by atoms with E-state index >= 15 is 4.39 Å². The highest BCUT2D eigenvalue weighted by Crippen LogP contribution is 2.38. The molecule has 1 fully saturated rings. The second-order valence-electron chi connectivity index (χ2n) is 10.7. The van der Waals surface area contributed by atoms with Crippen molar-refractivity contribution >= 4 is 32.1 Å². The first-order valence-electron chi connectivity index (χ1n) is 13.6. The molecule has 3 aromatic heterocycles. The number of fused-ring (bicyclic) bond motifs is 1. The van der Waals surface area contributed by atoms with E-state index in [-0.39, 0.29) is 41.6 Å². The minimum absolute atomic E-state index is 0.0582. The molecule has 19 heteroatoms. The van der Waals surface area contributed by atoms with Crippen molar-refractivity contribution in [1.82, 2.24) is 24.7 Å². The molecule has 0 unspecified atom stereocenters. The van der Waals surface area contributed by atoms with Crippen molar-refractivity contribution in [3.8, 4) is 11.4 Å². The first kappa shape index (κ1) is 32.8. The van der Waals surface area contributed by atoms with Gasteiger partial charge in [0.2, 0.25) is 0 Å². The second-order valence-corrected chi connectivity index (χ2v) is 12.8. The van der Waals surface area contributed by atoms with Gasteiger partial charge >= 0.3 is 12.4 Å². The summed E-state index contributed by atoms with van der Waals surface area (Å²) in [5.41, 5.74) is -5.49. The van der Waals surface area contributed by atoms with Crippen molar-refractivity contribution in [2.75, 3.05) is 28.4 Å². The number of benzene rings is 1. The number of aromatic nitrogens is 5. The summed E-state index contributed by atoms with van der Waals surface area (Å²) in [5.74, 6) is -3.23. The smallest absolute Gasteiger partial charge is 0.381 e. The predicted molar refractivity (Wildman–Crippen MR) is 152 cm³/mol. The predicted octanol–water partition coefficient (Wildman–Crippen LogP) is 4.19. The molecule has 246 valence electrons. The lowest BCUT2D eigenvalue weighted by atomic mass is 10.1. The van der Waals surface area contributed by atoms with E-state index in [1.807, 2.05) is 0 Å². The highest BCUT2D eigenvalue weighted by atomic mass is 32.2. The Hall–Kier alpha value is -4.55. The number of halogens is 7. The van der Waals surface area contributed by atoms with Gasteiger partial charge in [-0.05, 0) is 43.4 Å². The Labute approximate surface area is 255 Å². The van der Waals surface area contributed by atoms with Crippen LogP contribution in [0.1, 0.15) is 30.9 Å². The van der Waals surface area contributed by atoms with Gasteiger partial charge < -0.3 is 14.8 Å². The molecule has 0 aliphatic carbocycles. The van der Waals surface area contributed by atoms with Crippen LogP contribution >= 0.6 is 0 Å². The Bertz CT molecular complexity index is 2030. The summed E-state index contributed by atoms with van der Waals surface area (Å²) in [5, 5.41) is 7.92. The van der Waals surface area contributed by atoms with Crippen molar-refractivity contribution in [1.29, 1.82) is 0 Å². The molecule has 11 nitrogen and oxygen atoms in total. The van der Waals surface area contributed by atoms with Gasteiger partial charge in [0.15, 0.2) is 15.7 Å². The molecule has 0 bridgehead atoms. The molecule has 0 spiro atoms. The van der Waals surface area contributed by atoms with Gasteiger partial charge in [0.05, 0.1) is 28.6 Å². The monoisotopic (exact) mass is 675 g/mol. The molecular weight excluding hydrogens is 651 g/mol. The number of H-pyrrole nitrogens is 1. The van der Waals surface area contributed by atoms with Gasteiger partial charge in [0.25, 0.3) is 11.1 Å². The molecule has 1 aliphatic rings. The molecular formula is C27H24F7N7O4S. The Morgan fingerprint density at radius 2 is 1.83 bits per heavy atom. The number of alkyl halides is 6. The number of aryl methyl sites for hydroxylation is 1. The van der Waals surface area contributed by atoms with Crippen LogP contribution in [0.5, 0.6) is 0 Å². The van der Waals surface area contributed by atoms with Crippen LogP contribution in [-0.4, -0.2) is 57.4 Å². The Morgan fingerprint density at radius 1 is 1.09 bits per heavy atom. The number of sulfone groups is 1. The van der Waals surface area contributed by atoms with E-state index in [2.05, 4.69) is 20.4 Å². The number of pyridine rings is 1. The third-order valence-electron chi connectivity index (χ3n) is 7.28. The molecule has 4 aromatic rings. The van der Waals surface area contributed by atoms with E-state index < -0.39 is 79.5 Å². The molecule has 46 heavy (non-hydrogen) atoms. The van der Waals surface area contributed by atoms with Crippen molar-refractivity contribution < 1.29 is 39.2 Å². The lowest BCUT2D eigenvalue weighted by Gasteiger charge is -2.20. The van der Waals surface area contributed by atoms with E-state index in [0.29, 0.717) is 12.6 Å². The lowest BCUT2D eigenvalue weighted by molar-refractivity contribution is -0.138. The third kappa shape index (κ3) is 6.82. The fourth-order valence-electron chi connectivity index (χ4n) is 5.07. The summed E-state index contributed by atoms with van der Waals surface area (Å²) < 4.78 is 121. The van der Waals surface area contributed by atoms with Gasteiger partial charge in [-0.1, -0.05) is 0 Å². The number of hydrogen-bond acceptors (Lipinski definition) is 9. The number of rotatable bonds is 8. The van der Waals surface area contributed by atoms with Crippen LogP contribution in [0.4, 0.5) is 42.2 Å². The van der Waals surface area contributed by atoms with Crippen molar-refractivity contribution in [3.05, 3.63) is 74.4 Å². The first-order chi connectivity index (χ1) is 21.4. The van der Waals surface area contributed by atoms with Crippen LogP contribution in [0.15, 0.2) is 46.4 Å². The quantitative estimate of drug-likeness (QED) is 0.263. The molecule has 0 saturated carbocycles. The summed E-state index contributed by atoms with van der Waals surface area (Å²) >= 11 is 0. The summed E-state index contributed by atoms with van der Waals surface area (Å²) in [6, 6.07) is 3.00. The summed E-state index contributed by atoms with van der Waals surface area (Å²) in [6.45, 7) is 1.45. The number of nitrogens with zero attached hydrogens (tertiary/aromatic N) is 5. The number of aromatic amines is 1. The molecule has 1 aliphatic heterocycles. The zero-order valence-electron chi connectivity index (χ0n) is 23.7. The second kappa shape index (κ2) is 12.0. The van der Waals surface area contributed by atoms with Crippen LogP contribution in [0.25, 0.3) is 22.2 Å². The fraction of sp³-hybridized carbons (Fsp3) is 0.370. The van der Waals surface area contributed by atoms with E-state index in [0.717, 1.165) is 17.2 Å². The van der Waals surface area contributed by atoms with Crippen LogP contribution in [-0.2, 0) is 28.7 Å². The van der Waals surface area contributed by atoms with Crippen LogP contribution in [0.2, 0.25) is 0 Å². The maximum Gasteiger partial charge on any atom is 0.423 e. The summed E-state index contributed by atoms with van der Waals surface area (Å²) in [7, 11) is -3.64. The molecule has 2 N–H and O–H groups in total. The highest BCUT2D eigenvalue weighted by molar-refractivity contribution is 7.91. The SMILES string of the molecule is C[C@@H](CCCn1ccc2cc(-c3ncc(C(F)(F)F)c(N4CCS(=O)(=O)C4)n3)c(F)cc2c1=O)Nc1cn[nH]c(=O)c1C(F)(F)F. The Balaban J connectivity index is 1.36. The molecule has 4 heterocycles. The van der Waals surface area contributed by atoms with E-state index in [1.54, 1.807) is 12.0 Å². The molecule has 5 rings (SSSR count).